The van der Waals surface area contributed by atoms with E-state index in [1.54, 1.807) is 19.1 Å². The quantitative estimate of drug-likeness (QED) is 0.293. The fourth-order valence-corrected chi connectivity index (χ4v) is 12.8. The van der Waals surface area contributed by atoms with Crippen molar-refractivity contribution in [1.29, 1.82) is 0 Å². The van der Waals surface area contributed by atoms with Crippen LogP contribution in [-0.2, 0) is 20.9 Å². The lowest BCUT2D eigenvalue weighted by molar-refractivity contribution is -0.202. The second kappa shape index (κ2) is 13.1. The predicted octanol–water partition coefficient (Wildman–Crippen LogP) is 8.29. The fraction of sp³-hybridized carbons (Fsp3) is 0.756. The maximum absolute atomic E-state index is 15.0. The van der Waals surface area contributed by atoms with Crippen molar-refractivity contribution in [1.82, 2.24) is 10.2 Å². The zero-order valence-corrected chi connectivity index (χ0v) is 34.8. The molecule has 0 unspecified atom stereocenters. The van der Waals surface area contributed by atoms with E-state index in [1.165, 1.54) is 5.57 Å². The standard InChI is InChI=1S/C45H68N2O6/c1-39(2,3)46-36(50)27-47(26-28-13-14-32(52-11)33(23-28)53-12)38(51)42(7)20-19-41(6)21-22-44(9)29(30(41)25-42)24-31(48)37-43(8)17-16-35(49)40(4,5)34(43)15-18-45(37,44)10/h13-14,23-24,30,34-35,37,49H,15-22,25-27H2,1-12H3,(H,46,50)/t30-,34-,35-,37+,41+,42-,43-,44+,45+/m0/s1. The minimum atomic E-state index is -0.712. The topological polar surface area (TPSA) is 105 Å². The molecule has 0 spiro atoms. The van der Waals surface area contributed by atoms with Crippen LogP contribution in [0, 0.1) is 50.2 Å². The highest BCUT2D eigenvalue weighted by molar-refractivity contribution is 5.96. The van der Waals surface area contributed by atoms with Crippen LogP contribution >= 0.6 is 0 Å². The zero-order chi connectivity index (χ0) is 39.2. The largest absolute Gasteiger partial charge is 0.493 e. The predicted molar refractivity (Wildman–Crippen MR) is 208 cm³/mol. The molecule has 0 heterocycles. The minimum absolute atomic E-state index is 0.00948. The van der Waals surface area contributed by atoms with Crippen molar-refractivity contribution in [2.75, 3.05) is 20.8 Å². The molecule has 6 rings (SSSR count). The van der Waals surface area contributed by atoms with Crippen LogP contribution in [0.2, 0.25) is 0 Å². The van der Waals surface area contributed by atoms with Crippen molar-refractivity contribution < 1.29 is 29.0 Å². The molecule has 9 atom stereocenters. The molecule has 0 radical (unpaired) electrons. The normalized spacial score (nSPS) is 39.0. The van der Waals surface area contributed by atoms with Gasteiger partial charge in [-0.1, -0.05) is 60.1 Å². The number of hydrogen-bond donors (Lipinski definition) is 2. The number of nitrogens with one attached hydrogen (secondary N) is 1. The van der Waals surface area contributed by atoms with Crippen molar-refractivity contribution >= 4 is 17.6 Å². The Labute approximate surface area is 319 Å². The lowest BCUT2D eigenvalue weighted by Gasteiger charge is -2.70. The highest BCUT2D eigenvalue weighted by atomic mass is 16.5. The van der Waals surface area contributed by atoms with Gasteiger partial charge >= 0.3 is 0 Å². The van der Waals surface area contributed by atoms with Gasteiger partial charge in [-0.25, -0.2) is 0 Å². The molecule has 0 saturated heterocycles. The molecule has 4 fully saturated rings. The minimum Gasteiger partial charge on any atom is -0.493 e. The number of allylic oxidation sites excluding steroid dienone is 2. The third-order valence-corrected chi connectivity index (χ3v) is 16.0. The maximum atomic E-state index is 15.0. The van der Waals surface area contributed by atoms with Gasteiger partial charge in [0, 0.05) is 23.4 Å². The number of carbonyl (C=O) groups excluding carboxylic acids is 3. The number of amides is 2. The number of ether oxygens (including phenoxy) is 2. The average Bonchev–Trinajstić information content (AvgIpc) is 3.06. The first kappa shape index (κ1) is 39.8. The monoisotopic (exact) mass is 733 g/mol. The van der Waals surface area contributed by atoms with E-state index in [0.717, 1.165) is 56.9 Å². The molecular weight excluding hydrogens is 665 g/mol. The van der Waals surface area contributed by atoms with Crippen molar-refractivity contribution in [3.8, 4) is 11.5 Å². The summed E-state index contributed by atoms with van der Waals surface area (Å²) in [6.45, 7) is 22.2. The summed E-state index contributed by atoms with van der Waals surface area (Å²) >= 11 is 0. The van der Waals surface area contributed by atoms with Crippen LogP contribution in [0.5, 0.6) is 11.5 Å². The number of ketones is 1. The van der Waals surface area contributed by atoms with E-state index in [9.17, 15) is 14.7 Å². The van der Waals surface area contributed by atoms with Crippen LogP contribution in [0.15, 0.2) is 29.8 Å². The van der Waals surface area contributed by atoms with E-state index in [-0.39, 0.29) is 81.6 Å². The van der Waals surface area contributed by atoms with E-state index in [4.69, 9.17) is 9.47 Å². The van der Waals surface area contributed by atoms with Gasteiger partial charge < -0.3 is 24.8 Å². The number of hydrogen-bond acceptors (Lipinski definition) is 6. The Morgan fingerprint density at radius 1 is 0.906 bits per heavy atom. The number of nitrogens with zero attached hydrogens (tertiary/aromatic N) is 1. The summed E-state index contributed by atoms with van der Waals surface area (Å²) in [5, 5.41) is 14.2. The Hall–Kier alpha value is -2.87. The molecule has 5 aliphatic carbocycles. The number of methoxy groups -OCH3 is 2. The Morgan fingerprint density at radius 3 is 2.21 bits per heavy atom. The molecule has 2 N–H and O–H groups in total. The van der Waals surface area contributed by atoms with Crippen molar-refractivity contribution in [3.63, 3.8) is 0 Å². The van der Waals surface area contributed by atoms with Crippen LogP contribution in [0.3, 0.4) is 0 Å². The van der Waals surface area contributed by atoms with E-state index < -0.39 is 11.0 Å². The van der Waals surface area contributed by atoms with Gasteiger partial charge in [-0.2, -0.15) is 0 Å². The molecule has 294 valence electrons. The molecular formula is C45H68N2O6. The van der Waals surface area contributed by atoms with Crippen LogP contribution in [0.4, 0.5) is 0 Å². The molecule has 4 saturated carbocycles. The van der Waals surface area contributed by atoms with Gasteiger partial charge in [-0.3, -0.25) is 14.4 Å². The van der Waals surface area contributed by atoms with Gasteiger partial charge in [-0.05, 0) is 141 Å². The molecule has 1 aromatic carbocycles. The lowest BCUT2D eigenvalue weighted by Crippen LogP contribution is -2.66. The van der Waals surface area contributed by atoms with Gasteiger partial charge in [0.25, 0.3) is 0 Å². The third kappa shape index (κ3) is 6.35. The Bertz CT molecular complexity index is 1680. The molecule has 0 aromatic heterocycles. The van der Waals surface area contributed by atoms with Crippen LogP contribution in [0.25, 0.3) is 0 Å². The van der Waals surface area contributed by atoms with Gasteiger partial charge in [0.2, 0.25) is 11.8 Å². The number of aliphatic hydroxyl groups excluding tert-OH is 1. The summed E-state index contributed by atoms with van der Waals surface area (Å²) in [5.41, 5.74) is 0.185. The SMILES string of the molecule is COc1ccc(CN(CC(=O)NC(C)(C)C)C(=O)[C@@]2(C)CC[C@]3(C)CC[C@]4(C)C(=CC(=O)[C@@H]5[C@@]6(C)CC[C@H](O)C(C)(C)[C@@H]6CC[C@]54C)[C@@H]3C2)cc1OC. The number of rotatable bonds is 7. The van der Waals surface area contributed by atoms with E-state index in [1.807, 2.05) is 39.0 Å². The smallest absolute Gasteiger partial charge is 0.240 e. The van der Waals surface area contributed by atoms with Gasteiger partial charge in [0.15, 0.2) is 17.3 Å². The Balaban J connectivity index is 1.35. The van der Waals surface area contributed by atoms with Crippen molar-refractivity contribution in [2.24, 2.45) is 50.2 Å². The molecule has 53 heavy (non-hydrogen) atoms. The summed E-state index contributed by atoms with van der Waals surface area (Å²) in [6, 6.07) is 5.65. The van der Waals surface area contributed by atoms with E-state index in [2.05, 4.69) is 59.9 Å². The highest BCUT2D eigenvalue weighted by Gasteiger charge is 2.70. The molecule has 1 aromatic rings. The maximum Gasteiger partial charge on any atom is 0.240 e. The zero-order valence-electron chi connectivity index (χ0n) is 34.8. The second-order valence-electron chi connectivity index (χ2n) is 20.8. The van der Waals surface area contributed by atoms with Gasteiger partial charge in [0.1, 0.15) is 0 Å². The van der Waals surface area contributed by atoms with Crippen LogP contribution < -0.4 is 14.8 Å². The first-order chi connectivity index (χ1) is 24.5. The number of benzene rings is 1. The number of carbonyl (C=O) groups is 3. The first-order valence-corrected chi connectivity index (χ1v) is 20.2. The fourth-order valence-electron chi connectivity index (χ4n) is 12.8. The Morgan fingerprint density at radius 2 is 1.57 bits per heavy atom. The number of aliphatic hydroxyl groups is 1. The van der Waals surface area contributed by atoms with E-state index in [0.29, 0.717) is 17.9 Å². The average molecular weight is 733 g/mol. The third-order valence-electron chi connectivity index (χ3n) is 16.0. The van der Waals surface area contributed by atoms with E-state index >= 15 is 4.79 Å². The molecule has 8 heteroatoms. The van der Waals surface area contributed by atoms with Crippen molar-refractivity contribution in [2.45, 2.75) is 145 Å². The summed E-state index contributed by atoms with van der Waals surface area (Å²) < 4.78 is 11.1. The van der Waals surface area contributed by atoms with Gasteiger partial charge in [0.05, 0.1) is 26.9 Å². The number of fused-ring (bicyclic) bond motifs is 7. The molecule has 5 aliphatic rings. The van der Waals surface area contributed by atoms with Crippen molar-refractivity contribution in [3.05, 3.63) is 35.4 Å². The molecule has 8 nitrogen and oxygen atoms in total. The summed E-state index contributed by atoms with van der Waals surface area (Å²) in [5.74, 6) is 1.52. The lowest BCUT2D eigenvalue weighted by atomic mass is 9.33. The van der Waals surface area contributed by atoms with Crippen LogP contribution in [-0.4, -0.2) is 60.0 Å². The second-order valence-corrected chi connectivity index (χ2v) is 20.8. The highest BCUT2D eigenvalue weighted by Crippen LogP contribution is 2.75. The molecule has 0 aliphatic heterocycles. The van der Waals surface area contributed by atoms with Gasteiger partial charge in [-0.15, -0.1) is 0 Å². The Kier molecular flexibility index (Phi) is 9.86. The summed E-state index contributed by atoms with van der Waals surface area (Å²) in [6.07, 6.45) is 9.71. The summed E-state index contributed by atoms with van der Waals surface area (Å²) in [7, 11) is 3.19. The van der Waals surface area contributed by atoms with Crippen LogP contribution in [0.1, 0.15) is 133 Å². The molecule has 2 amide bonds. The molecule has 0 bridgehead atoms. The first-order valence-electron chi connectivity index (χ1n) is 20.2. The summed E-state index contributed by atoms with van der Waals surface area (Å²) in [4.78, 5) is 45.1.